The minimum atomic E-state index is 0. The number of amides is 1. The zero-order valence-corrected chi connectivity index (χ0v) is 17.8. The Morgan fingerprint density at radius 2 is 1.96 bits per heavy atom. The SMILES string of the molecule is CN=C(NCc1cccc(NC(=O)C2CCCCC2)c1)NC(C)C.I. The van der Waals surface area contributed by atoms with Crippen LogP contribution >= 0.6 is 24.0 Å². The lowest BCUT2D eigenvalue weighted by atomic mass is 9.88. The molecular formula is C19H31IN4O. The van der Waals surface area contributed by atoms with E-state index in [0.717, 1.165) is 30.1 Å². The van der Waals surface area contributed by atoms with Gasteiger partial charge in [-0.2, -0.15) is 0 Å². The summed E-state index contributed by atoms with van der Waals surface area (Å²) in [5, 5.41) is 9.62. The number of benzene rings is 1. The standard InChI is InChI=1S/C19H30N4O.HI/c1-14(2)22-19(20-3)21-13-15-8-7-11-17(12-15)23-18(24)16-9-5-4-6-10-16;/h7-8,11-12,14,16H,4-6,9-10,13H2,1-3H3,(H,23,24)(H2,20,21,22);1H. The van der Waals surface area contributed by atoms with Crippen molar-refractivity contribution in [2.75, 3.05) is 12.4 Å². The predicted octanol–water partition coefficient (Wildman–Crippen LogP) is 3.90. The molecule has 3 N–H and O–H groups in total. The molecule has 1 fully saturated rings. The Balaban J connectivity index is 0.00000312. The molecule has 0 heterocycles. The van der Waals surface area contributed by atoms with Crippen LogP contribution in [-0.2, 0) is 11.3 Å². The molecule has 0 saturated heterocycles. The van der Waals surface area contributed by atoms with Crippen molar-refractivity contribution in [1.29, 1.82) is 0 Å². The van der Waals surface area contributed by atoms with Crippen LogP contribution in [-0.4, -0.2) is 25.0 Å². The van der Waals surface area contributed by atoms with Gasteiger partial charge in [-0.1, -0.05) is 31.4 Å². The number of halogens is 1. The van der Waals surface area contributed by atoms with Crippen molar-refractivity contribution < 1.29 is 4.79 Å². The third-order valence-electron chi connectivity index (χ3n) is 4.28. The number of carbonyl (C=O) groups is 1. The Hall–Kier alpha value is -1.31. The number of hydrogen-bond donors (Lipinski definition) is 3. The summed E-state index contributed by atoms with van der Waals surface area (Å²) in [6.07, 6.45) is 5.64. The predicted molar refractivity (Wildman–Crippen MR) is 116 cm³/mol. The van der Waals surface area contributed by atoms with Crippen molar-refractivity contribution in [2.45, 2.75) is 58.5 Å². The maximum absolute atomic E-state index is 12.4. The molecule has 1 aliphatic rings. The Bertz CT molecular complexity index is 568. The summed E-state index contributed by atoms with van der Waals surface area (Å²) < 4.78 is 0. The first-order valence-electron chi connectivity index (χ1n) is 8.95. The molecule has 5 nitrogen and oxygen atoms in total. The van der Waals surface area contributed by atoms with Crippen LogP contribution in [0.2, 0.25) is 0 Å². The molecular weight excluding hydrogens is 427 g/mol. The van der Waals surface area contributed by atoms with Crippen molar-refractivity contribution in [1.82, 2.24) is 10.6 Å². The molecule has 1 amide bonds. The first kappa shape index (κ1) is 21.7. The second-order valence-corrected chi connectivity index (χ2v) is 6.75. The lowest BCUT2D eigenvalue weighted by Gasteiger charge is -2.21. The fourth-order valence-electron chi connectivity index (χ4n) is 3.02. The zero-order valence-electron chi connectivity index (χ0n) is 15.5. The van der Waals surface area contributed by atoms with Crippen LogP contribution in [0.3, 0.4) is 0 Å². The Morgan fingerprint density at radius 3 is 2.60 bits per heavy atom. The molecule has 1 aliphatic carbocycles. The van der Waals surface area contributed by atoms with E-state index in [1.54, 1.807) is 7.05 Å². The van der Waals surface area contributed by atoms with Crippen LogP contribution in [0, 0.1) is 5.92 Å². The van der Waals surface area contributed by atoms with Gasteiger partial charge in [0.05, 0.1) is 0 Å². The van der Waals surface area contributed by atoms with Crippen LogP contribution in [0.5, 0.6) is 0 Å². The fraction of sp³-hybridized carbons (Fsp3) is 0.579. The molecule has 25 heavy (non-hydrogen) atoms. The molecule has 0 aromatic heterocycles. The first-order chi connectivity index (χ1) is 11.6. The third kappa shape index (κ3) is 7.63. The number of nitrogens with one attached hydrogen (secondary N) is 3. The highest BCUT2D eigenvalue weighted by molar-refractivity contribution is 14.0. The van der Waals surface area contributed by atoms with E-state index >= 15 is 0 Å². The van der Waals surface area contributed by atoms with Crippen molar-refractivity contribution in [3.05, 3.63) is 29.8 Å². The Morgan fingerprint density at radius 1 is 1.24 bits per heavy atom. The highest BCUT2D eigenvalue weighted by Crippen LogP contribution is 2.25. The maximum atomic E-state index is 12.4. The van der Waals surface area contributed by atoms with Gasteiger partial charge in [0, 0.05) is 31.2 Å². The second-order valence-electron chi connectivity index (χ2n) is 6.75. The van der Waals surface area contributed by atoms with Gasteiger partial charge in [-0.3, -0.25) is 9.79 Å². The monoisotopic (exact) mass is 458 g/mol. The van der Waals surface area contributed by atoms with E-state index in [2.05, 4.69) is 34.8 Å². The van der Waals surface area contributed by atoms with Crippen molar-refractivity contribution in [2.24, 2.45) is 10.9 Å². The highest BCUT2D eigenvalue weighted by Gasteiger charge is 2.20. The van der Waals surface area contributed by atoms with Gasteiger partial charge < -0.3 is 16.0 Å². The van der Waals surface area contributed by atoms with Crippen LogP contribution in [0.25, 0.3) is 0 Å². The van der Waals surface area contributed by atoms with Gasteiger partial charge in [-0.25, -0.2) is 0 Å². The van der Waals surface area contributed by atoms with Gasteiger partial charge in [0.25, 0.3) is 0 Å². The Labute approximate surface area is 168 Å². The zero-order chi connectivity index (χ0) is 17.4. The number of carbonyl (C=O) groups excluding carboxylic acids is 1. The number of aliphatic imine (C=N–C) groups is 1. The topological polar surface area (TPSA) is 65.5 Å². The molecule has 0 bridgehead atoms. The van der Waals surface area contributed by atoms with E-state index in [1.165, 1.54) is 19.3 Å². The minimum absolute atomic E-state index is 0. The average Bonchev–Trinajstić information content (AvgIpc) is 2.59. The van der Waals surface area contributed by atoms with E-state index in [4.69, 9.17) is 0 Å². The summed E-state index contributed by atoms with van der Waals surface area (Å²) in [4.78, 5) is 16.6. The maximum Gasteiger partial charge on any atom is 0.227 e. The molecule has 1 saturated carbocycles. The van der Waals surface area contributed by atoms with Gasteiger partial charge in [0.1, 0.15) is 0 Å². The molecule has 140 valence electrons. The smallest absolute Gasteiger partial charge is 0.227 e. The van der Waals surface area contributed by atoms with Crippen LogP contribution in [0.4, 0.5) is 5.69 Å². The summed E-state index contributed by atoms with van der Waals surface area (Å²) in [5.41, 5.74) is 1.99. The number of rotatable bonds is 5. The van der Waals surface area contributed by atoms with E-state index in [1.807, 2.05) is 24.3 Å². The van der Waals surface area contributed by atoms with Crippen LogP contribution in [0.15, 0.2) is 29.3 Å². The molecule has 0 aliphatic heterocycles. The Kier molecular flexibility index (Phi) is 9.85. The van der Waals surface area contributed by atoms with E-state index in [9.17, 15) is 4.79 Å². The number of nitrogens with zero attached hydrogens (tertiary/aromatic N) is 1. The van der Waals surface area contributed by atoms with Crippen LogP contribution < -0.4 is 16.0 Å². The van der Waals surface area contributed by atoms with Crippen LogP contribution in [0.1, 0.15) is 51.5 Å². The van der Waals surface area contributed by atoms with Gasteiger partial charge in [0.15, 0.2) is 5.96 Å². The summed E-state index contributed by atoms with van der Waals surface area (Å²) >= 11 is 0. The van der Waals surface area contributed by atoms with Gasteiger partial charge in [-0.05, 0) is 44.4 Å². The largest absolute Gasteiger partial charge is 0.354 e. The third-order valence-corrected chi connectivity index (χ3v) is 4.28. The number of hydrogen-bond acceptors (Lipinski definition) is 2. The molecule has 0 radical (unpaired) electrons. The van der Waals surface area contributed by atoms with E-state index in [0.29, 0.717) is 12.6 Å². The molecule has 6 heteroatoms. The average molecular weight is 458 g/mol. The molecule has 0 unspecified atom stereocenters. The highest BCUT2D eigenvalue weighted by atomic mass is 127. The second kappa shape index (κ2) is 11.3. The number of guanidine groups is 1. The number of anilines is 1. The quantitative estimate of drug-likeness (QED) is 0.356. The molecule has 0 spiro atoms. The van der Waals surface area contributed by atoms with Crippen molar-refractivity contribution >= 4 is 41.5 Å². The molecule has 1 aromatic rings. The van der Waals surface area contributed by atoms with Crippen molar-refractivity contribution in [3.63, 3.8) is 0 Å². The lowest BCUT2D eigenvalue weighted by Crippen LogP contribution is -2.40. The molecule has 2 rings (SSSR count). The summed E-state index contributed by atoms with van der Waals surface area (Å²) in [6.45, 7) is 4.82. The molecule has 0 atom stereocenters. The van der Waals surface area contributed by atoms with Crippen molar-refractivity contribution in [3.8, 4) is 0 Å². The molecule has 1 aromatic carbocycles. The van der Waals surface area contributed by atoms with Gasteiger partial charge in [-0.15, -0.1) is 24.0 Å². The minimum Gasteiger partial charge on any atom is -0.354 e. The van der Waals surface area contributed by atoms with Gasteiger partial charge >= 0.3 is 0 Å². The summed E-state index contributed by atoms with van der Waals surface area (Å²) in [7, 11) is 1.76. The van der Waals surface area contributed by atoms with E-state index in [-0.39, 0.29) is 35.8 Å². The van der Waals surface area contributed by atoms with Gasteiger partial charge in [0.2, 0.25) is 5.91 Å². The first-order valence-corrected chi connectivity index (χ1v) is 8.95. The fourth-order valence-corrected chi connectivity index (χ4v) is 3.02. The van der Waals surface area contributed by atoms with E-state index < -0.39 is 0 Å². The normalized spacial score (nSPS) is 15.4. The lowest BCUT2D eigenvalue weighted by molar-refractivity contribution is -0.120. The summed E-state index contributed by atoms with van der Waals surface area (Å²) in [5.74, 6) is 1.12. The summed E-state index contributed by atoms with van der Waals surface area (Å²) in [6, 6.07) is 8.33.